The van der Waals surface area contributed by atoms with E-state index in [-0.39, 0.29) is 23.1 Å². The Balaban J connectivity index is 2.17. The SMILES string of the molecule is Cc1ccc(S(=O)(=O)OCCOCCOCC#C[Si](C)(C)C(C)(C)C)cc1. The lowest BCUT2D eigenvalue weighted by molar-refractivity contribution is 0.0471. The molecule has 0 spiro atoms. The van der Waals surface area contributed by atoms with Crippen LogP contribution in [0.4, 0.5) is 0 Å². The molecule has 0 radical (unpaired) electrons. The topological polar surface area (TPSA) is 61.8 Å². The predicted octanol–water partition coefficient (Wildman–Crippen LogP) is 3.78. The molecule has 7 heteroatoms. The third kappa shape index (κ3) is 8.58. The van der Waals surface area contributed by atoms with Gasteiger partial charge in [0.1, 0.15) is 14.7 Å². The van der Waals surface area contributed by atoms with Crippen LogP contribution in [0.3, 0.4) is 0 Å². The van der Waals surface area contributed by atoms with Crippen LogP contribution in [-0.4, -0.2) is 49.5 Å². The Bertz CT molecular complexity index is 737. The molecule has 27 heavy (non-hydrogen) atoms. The van der Waals surface area contributed by atoms with Crippen molar-refractivity contribution in [3.63, 3.8) is 0 Å². The van der Waals surface area contributed by atoms with Gasteiger partial charge in [-0.15, -0.1) is 5.54 Å². The molecular weight excluding hydrogens is 380 g/mol. The highest BCUT2D eigenvalue weighted by Crippen LogP contribution is 2.34. The zero-order valence-corrected chi connectivity index (χ0v) is 19.1. The van der Waals surface area contributed by atoms with E-state index in [1.165, 1.54) is 12.1 Å². The van der Waals surface area contributed by atoms with Gasteiger partial charge in [-0.1, -0.05) is 57.5 Å². The van der Waals surface area contributed by atoms with Crippen molar-refractivity contribution in [2.24, 2.45) is 0 Å². The minimum Gasteiger partial charge on any atom is -0.377 e. The maximum absolute atomic E-state index is 12.0. The van der Waals surface area contributed by atoms with Gasteiger partial charge in [0.2, 0.25) is 0 Å². The van der Waals surface area contributed by atoms with Crippen molar-refractivity contribution >= 4 is 18.2 Å². The summed E-state index contributed by atoms with van der Waals surface area (Å²) in [6.45, 7) is 14.4. The highest BCUT2D eigenvalue weighted by atomic mass is 32.2. The standard InChI is InChI=1S/C20H32O5SSi/c1-18-8-10-19(11-9-18)26(21,22)25-16-15-24-14-13-23-12-7-17-27(5,6)20(2,3)4/h8-11H,12-16H2,1-6H3. The van der Waals surface area contributed by atoms with Crippen molar-refractivity contribution in [2.45, 2.75) is 50.7 Å². The summed E-state index contributed by atoms with van der Waals surface area (Å²) in [5.74, 6) is 3.11. The van der Waals surface area contributed by atoms with Gasteiger partial charge in [-0.3, -0.25) is 4.18 Å². The van der Waals surface area contributed by atoms with Crippen LogP contribution in [0.5, 0.6) is 0 Å². The fraction of sp³-hybridized carbons (Fsp3) is 0.600. The van der Waals surface area contributed by atoms with Gasteiger partial charge >= 0.3 is 0 Å². The number of aryl methyl sites for hydroxylation is 1. The summed E-state index contributed by atoms with van der Waals surface area (Å²) in [6, 6.07) is 6.53. The molecule has 0 aromatic heterocycles. The molecule has 0 aliphatic carbocycles. The van der Waals surface area contributed by atoms with Crippen molar-refractivity contribution < 1.29 is 22.1 Å². The molecule has 0 amide bonds. The summed E-state index contributed by atoms with van der Waals surface area (Å²) in [4.78, 5) is 0.150. The van der Waals surface area contributed by atoms with Gasteiger partial charge in [-0.25, -0.2) is 0 Å². The second-order valence-corrected chi connectivity index (χ2v) is 14.5. The average molecular weight is 413 g/mol. The molecule has 0 bridgehead atoms. The largest absolute Gasteiger partial charge is 0.377 e. The molecule has 0 aliphatic rings. The molecule has 0 atom stereocenters. The molecule has 1 aromatic rings. The van der Waals surface area contributed by atoms with Crippen molar-refractivity contribution in [1.82, 2.24) is 0 Å². The Morgan fingerprint density at radius 1 is 0.963 bits per heavy atom. The third-order valence-corrected chi connectivity index (χ3v) is 10.5. The van der Waals surface area contributed by atoms with E-state index in [9.17, 15) is 8.42 Å². The molecule has 0 N–H and O–H groups in total. The summed E-state index contributed by atoms with van der Waals surface area (Å²) in [5.41, 5.74) is 4.37. The first-order valence-corrected chi connectivity index (χ1v) is 13.5. The van der Waals surface area contributed by atoms with Crippen LogP contribution in [0.25, 0.3) is 0 Å². The molecule has 0 aliphatic heterocycles. The molecule has 5 nitrogen and oxygen atoms in total. The van der Waals surface area contributed by atoms with Crippen LogP contribution in [0.2, 0.25) is 18.1 Å². The van der Waals surface area contributed by atoms with Crippen LogP contribution >= 0.6 is 0 Å². The van der Waals surface area contributed by atoms with Crippen molar-refractivity contribution in [2.75, 3.05) is 33.0 Å². The van der Waals surface area contributed by atoms with Gasteiger partial charge in [0.15, 0.2) is 0 Å². The summed E-state index contributed by atoms with van der Waals surface area (Å²) < 4.78 is 39.7. The molecular formula is C20H32O5SSi. The van der Waals surface area contributed by atoms with Crippen LogP contribution in [0, 0.1) is 18.4 Å². The molecule has 0 unspecified atom stereocenters. The van der Waals surface area contributed by atoms with Crippen molar-refractivity contribution in [1.29, 1.82) is 0 Å². The van der Waals surface area contributed by atoms with Crippen LogP contribution in [0.1, 0.15) is 26.3 Å². The lowest BCUT2D eigenvalue weighted by atomic mass is 10.2. The fourth-order valence-electron chi connectivity index (χ4n) is 1.76. The smallest absolute Gasteiger partial charge is 0.297 e. The molecule has 152 valence electrons. The summed E-state index contributed by atoms with van der Waals surface area (Å²) in [7, 11) is -5.32. The number of rotatable bonds is 9. The Kier molecular flexibility index (Phi) is 9.19. The Morgan fingerprint density at radius 3 is 2.11 bits per heavy atom. The van der Waals surface area contributed by atoms with Gasteiger partial charge in [-0.05, 0) is 24.1 Å². The van der Waals surface area contributed by atoms with E-state index in [0.29, 0.717) is 19.8 Å². The summed E-state index contributed by atoms with van der Waals surface area (Å²) in [5, 5.41) is 0.238. The first-order chi connectivity index (χ1) is 12.5. The van der Waals surface area contributed by atoms with E-state index in [2.05, 4.69) is 45.3 Å². The quantitative estimate of drug-likeness (QED) is 0.267. The molecule has 0 saturated heterocycles. The van der Waals surface area contributed by atoms with Gasteiger partial charge in [0, 0.05) is 0 Å². The molecule has 1 rings (SSSR count). The van der Waals surface area contributed by atoms with Crippen molar-refractivity contribution in [3.05, 3.63) is 29.8 Å². The Labute approximate surface area is 165 Å². The third-order valence-electron chi connectivity index (χ3n) is 4.60. The zero-order valence-electron chi connectivity index (χ0n) is 17.3. The van der Waals surface area contributed by atoms with E-state index in [4.69, 9.17) is 13.7 Å². The van der Waals surface area contributed by atoms with Crippen LogP contribution in [0.15, 0.2) is 29.2 Å². The maximum atomic E-state index is 12.0. The summed E-state index contributed by atoms with van der Waals surface area (Å²) >= 11 is 0. The van der Waals surface area contributed by atoms with E-state index >= 15 is 0 Å². The number of hydrogen-bond donors (Lipinski definition) is 0. The van der Waals surface area contributed by atoms with Gasteiger partial charge in [-0.2, -0.15) is 8.42 Å². The second-order valence-electron chi connectivity index (χ2n) is 7.93. The number of ether oxygens (including phenoxy) is 2. The van der Waals surface area contributed by atoms with Gasteiger partial charge in [0.25, 0.3) is 10.1 Å². The highest BCUT2D eigenvalue weighted by molar-refractivity contribution is 7.86. The van der Waals surface area contributed by atoms with Gasteiger partial charge in [0.05, 0.1) is 31.3 Å². The second kappa shape index (κ2) is 10.4. The van der Waals surface area contributed by atoms with Crippen LogP contribution < -0.4 is 0 Å². The number of hydrogen-bond acceptors (Lipinski definition) is 5. The maximum Gasteiger partial charge on any atom is 0.297 e. The number of benzene rings is 1. The normalized spacial score (nSPS) is 12.5. The first kappa shape index (κ1) is 23.9. The Hall–Kier alpha value is -1.17. The predicted molar refractivity (Wildman–Crippen MR) is 111 cm³/mol. The van der Waals surface area contributed by atoms with E-state index < -0.39 is 18.2 Å². The lowest BCUT2D eigenvalue weighted by Gasteiger charge is -2.31. The van der Waals surface area contributed by atoms with Crippen molar-refractivity contribution in [3.8, 4) is 11.5 Å². The highest BCUT2D eigenvalue weighted by Gasteiger charge is 2.33. The zero-order chi connectivity index (χ0) is 20.6. The summed E-state index contributed by atoms with van der Waals surface area (Å²) in [6.07, 6.45) is 0. The molecule has 0 fully saturated rings. The first-order valence-electron chi connectivity index (χ1n) is 9.07. The van der Waals surface area contributed by atoms with E-state index in [1.807, 2.05) is 6.92 Å². The fourth-order valence-corrected chi connectivity index (χ4v) is 3.55. The Morgan fingerprint density at radius 2 is 1.52 bits per heavy atom. The van der Waals surface area contributed by atoms with Gasteiger partial charge < -0.3 is 9.47 Å². The minimum atomic E-state index is -3.73. The van der Waals surface area contributed by atoms with E-state index in [0.717, 1.165) is 5.56 Å². The lowest BCUT2D eigenvalue weighted by Crippen LogP contribution is -2.35. The van der Waals surface area contributed by atoms with Crippen LogP contribution in [-0.2, 0) is 23.8 Å². The molecule has 1 aromatic carbocycles. The minimum absolute atomic E-state index is 0.0264. The average Bonchev–Trinajstić information content (AvgIpc) is 2.55. The molecule has 0 saturated carbocycles. The molecule has 0 heterocycles. The van der Waals surface area contributed by atoms with E-state index in [1.54, 1.807) is 12.1 Å². The monoisotopic (exact) mass is 412 g/mol.